The molecule has 0 unspecified atom stereocenters. The third-order valence-corrected chi connectivity index (χ3v) is 3.37. The van der Waals surface area contributed by atoms with Gasteiger partial charge in [-0.2, -0.15) is 5.10 Å². The molecule has 5 nitrogen and oxygen atoms in total. The lowest BCUT2D eigenvalue weighted by Crippen LogP contribution is -1.92. The zero-order chi connectivity index (χ0) is 12.5. The van der Waals surface area contributed by atoms with Gasteiger partial charge < -0.3 is 5.73 Å². The molecule has 3 heterocycles. The molecule has 0 aromatic carbocycles. The number of nitrogen functional groups attached to an aromatic ring is 1. The van der Waals surface area contributed by atoms with Crippen LogP contribution in [0.5, 0.6) is 0 Å². The van der Waals surface area contributed by atoms with Crippen molar-refractivity contribution in [3.8, 4) is 16.3 Å². The summed E-state index contributed by atoms with van der Waals surface area (Å²) in [4.78, 5) is 8.33. The molecule has 0 amide bonds. The number of aryl methyl sites for hydroxylation is 1. The minimum absolute atomic E-state index is 0.517. The summed E-state index contributed by atoms with van der Waals surface area (Å²) in [6.45, 7) is 1.97. The van der Waals surface area contributed by atoms with Crippen molar-refractivity contribution in [1.82, 2.24) is 19.7 Å². The molecule has 6 heteroatoms. The van der Waals surface area contributed by atoms with Gasteiger partial charge in [0.15, 0.2) is 0 Å². The van der Waals surface area contributed by atoms with Crippen molar-refractivity contribution in [3.63, 3.8) is 0 Å². The highest BCUT2D eigenvalue weighted by atomic mass is 32.1. The van der Waals surface area contributed by atoms with Crippen LogP contribution in [-0.4, -0.2) is 19.7 Å². The number of hydrogen-bond donors (Lipinski definition) is 1. The minimum atomic E-state index is 0.517. The van der Waals surface area contributed by atoms with E-state index in [9.17, 15) is 0 Å². The lowest BCUT2D eigenvalue weighted by molar-refractivity contribution is 0.853. The fourth-order valence-corrected chi connectivity index (χ4v) is 2.30. The normalized spacial score (nSPS) is 10.7. The van der Waals surface area contributed by atoms with Crippen molar-refractivity contribution in [3.05, 3.63) is 41.8 Å². The Morgan fingerprint density at radius 1 is 1.28 bits per heavy atom. The number of thiazole rings is 1. The molecular weight excluding hydrogens is 246 g/mol. The molecule has 0 saturated heterocycles. The van der Waals surface area contributed by atoms with Gasteiger partial charge in [0.1, 0.15) is 5.82 Å². The first-order chi connectivity index (χ1) is 8.74. The molecule has 0 aliphatic heterocycles. The van der Waals surface area contributed by atoms with E-state index in [1.54, 1.807) is 34.5 Å². The minimum Gasteiger partial charge on any atom is -0.384 e. The van der Waals surface area contributed by atoms with Crippen LogP contribution in [0.15, 0.2) is 36.1 Å². The predicted octanol–water partition coefficient (Wildman–Crippen LogP) is 2.28. The summed E-state index contributed by atoms with van der Waals surface area (Å²) in [5, 5.41) is 7.24. The van der Waals surface area contributed by atoms with Gasteiger partial charge in [0.2, 0.25) is 5.13 Å². The number of rotatable bonds is 2. The second-order valence-electron chi connectivity index (χ2n) is 3.86. The molecule has 3 aromatic heterocycles. The van der Waals surface area contributed by atoms with Crippen molar-refractivity contribution in [1.29, 1.82) is 0 Å². The second-order valence-corrected chi connectivity index (χ2v) is 4.73. The molecule has 18 heavy (non-hydrogen) atoms. The van der Waals surface area contributed by atoms with Gasteiger partial charge in [0, 0.05) is 35.1 Å². The third kappa shape index (κ3) is 1.86. The second kappa shape index (κ2) is 4.23. The van der Waals surface area contributed by atoms with Crippen molar-refractivity contribution in [2.24, 2.45) is 0 Å². The Balaban J connectivity index is 2.06. The average molecular weight is 257 g/mol. The highest BCUT2D eigenvalue weighted by Gasteiger charge is 2.09. The molecule has 3 aromatic rings. The Kier molecular flexibility index (Phi) is 2.56. The zero-order valence-electron chi connectivity index (χ0n) is 9.74. The van der Waals surface area contributed by atoms with Crippen LogP contribution in [0.25, 0.3) is 16.3 Å². The van der Waals surface area contributed by atoms with Crippen LogP contribution >= 0.6 is 11.3 Å². The maximum atomic E-state index is 5.58. The molecular formula is C12H11N5S. The van der Waals surface area contributed by atoms with E-state index in [1.165, 1.54) is 0 Å². The molecule has 3 rings (SSSR count). The number of hydrogen-bond acceptors (Lipinski definition) is 5. The van der Waals surface area contributed by atoms with Crippen LogP contribution in [0.4, 0.5) is 5.82 Å². The Morgan fingerprint density at radius 3 is 2.83 bits per heavy atom. The number of aromatic nitrogens is 4. The topological polar surface area (TPSA) is 69.6 Å². The quantitative estimate of drug-likeness (QED) is 0.764. The van der Waals surface area contributed by atoms with Gasteiger partial charge in [-0.3, -0.25) is 0 Å². The fraction of sp³-hybridized carbons (Fsp3) is 0.0833. The lowest BCUT2D eigenvalue weighted by atomic mass is 10.1. The van der Waals surface area contributed by atoms with Crippen LogP contribution < -0.4 is 5.73 Å². The van der Waals surface area contributed by atoms with E-state index >= 15 is 0 Å². The summed E-state index contributed by atoms with van der Waals surface area (Å²) in [6, 6.07) is 3.73. The van der Waals surface area contributed by atoms with Crippen LogP contribution in [0.3, 0.4) is 0 Å². The first kappa shape index (κ1) is 10.9. The third-order valence-electron chi connectivity index (χ3n) is 2.61. The summed E-state index contributed by atoms with van der Waals surface area (Å²) < 4.78 is 1.78. The molecule has 0 aliphatic carbocycles. The van der Waals surface area contributed by atoms with Gasteiger partial charge in [0.05, 0.1) is 5.69 Å². The standard InChI is InChI=1S/C12H11N5S/c1-8-10(9-2-3-11(13)15-6-9)7-17(16-8)12-14-4-5-18-12/h2-7H,1H3,(H2,13,15). The maximum Gasteiger partial charge on any atom is 0.210 e. The Hall–Kier alpha value is -2.21. The predicted molar refractivity (Wildman–Crippen MR) is 71.6 cm³/mol. The maximum absolute atomic E-state index is 5.58. The van der Waals surface area contributed by atoms with Crippen molar-refractivity contribution < 1.29 is 0 Å². The van der Waals surface area contributed by atoms with Gasteiger partial charge in [-0.1, -0.05) is 0 Å². The summed E-state index contributed by atoms with van der Waals surface area (Å²) in [6.07, 6.45) is 5.48. The average Bonchev–Trinajstić information content (AvgIpc) is 2.99. The van der Waals surface area contributed by atoms with E-state index in [4.69, 9.17) is 5.73 Å². The first-order valence-corrected chi connectivity index (χ1v) is 6.30. The lowest BCUT2D eigenvalue weighted by Gasteiger charge is -1.98. The van der Waals surface area contributed by atoms with E-state index < -0.39 is 0 Å². The molecule has 0 aliphatic rings. The molecule has 0 atom stereocenters. The number of pyridine rings is 1. The number of nitrogens with two attached hydrogens (primary N) is 1. The van der Waals surface area contributed by atoms with E-state index in [0.717, 1.165) is 22.0 Å². The summed E-state index contributed by atoms with van der Waals surface area (Å²) in [5.41, 5.74) is 8.57. The van der Waals surface area contributed by atoms with Crippen molar-refractivity contribution in [2.45, 2.75) is 6.92 Å². The smallest absolute Gasteiger partial charge is 0.210 e. The van der Waals surface area contributed by atoms with Gasteiger partial charge in [-0.15, -0.1) is 11.3 Å². The van der Waals surface area contributed by atoms with Crippen molar-refractivity contribution in [2.75, 3.05) is 5.73 Å². The summed E-state index contributed by atoms with van der Waals surface area (Å²) >= 11 is 1.55. The Bertz CT molecular complexity index is 654. The molecule has 90 valence electrons. The van der Waals surface area contributed by atoms with Crippen LogP contribution in [0, 0.1) is 6.92 Å². The molecule has 0 saturated carbocycles. The van der Waals surface area contributed by atoms with Gasteiger partial charge >= 0.3 is 0 Å². The highest BCUT2D eigenvalue weighted by Crippen LogP contribution is 2.24. The molecule has 0 spiro atoms. The fourth-order valence-electron chi connectivity index (χ4n) is 1.74. The van der Waals surface area contributed by atoms with Gasteiger partial charge in [-0.05, 0) is 19.1 Å². The molecule has 2 N–H and O–H groups in total. The van der Waals surface area contributed by atoms with E-state index in [0.29, 0.717) is 5.82 Å². The van der Waals surface area contributed by atoms with Crippen molar-refractivity contribution >= 4 is 17.2 Å². The van der Waals surface area contributed by atoms with E-state index in [1.807, 2.05) is 24.6 Å². The monoisotopic (exact) mass is 257 g/mol. The van der Waals surface area contributed by atoms with Crippen LogP contribution in [-0.2, 0) is 0 Å². The number of anilines is 1. The summed E-state index contributed by atoms with van der Waals surface area (Å²) in [5.74, 6) is 0.517. The zero-order valence-corrected chi connectivity index (χ0v) is 10.6. The molecule has 0 bridgehead atoms. The summed E-state index contributed by atoms with van der Waals surface area (Å²) in [7, 11) is 0. The van der Waals surface area contributed by atoms with Crippen LogP contribution in [0.1, 0.15) is 5.69 Å². The highest BCUT2D eigenvalue weighted by molar-refractivity contribution is 7.12. The largest absolute Gasteiger partial charge is 0.384 e. The Labute approximate surface area is 108 Å². The van der Waals surface area contributed by atoms with Gasteiger partial charge in [0.25, 0.3) is 0 Å². The van der Waals surface area contributed by atoms with E-state index in [-0.39, 0.29) is 0 Å². The van der Waals surface area contributed by atoms with Crippen LogP contribution in [0.2, 0.25) is 0 Å². The molecule has 0 radical (unpaired) electrons. The Morgan fingerprint density at radius 2 is 2.17 bits per heavy atom. The van der Waals surface area contributed by atoms with E-state index in [2.05, 4.69) is 15.1 Å². The number of nitrogens with zero attached hydrogens (tertiary/aromatic N) is 4. The van der Waals surface area contributed by atoms with Gasteiger partial charge in [-0.25, -0.2) is 14.6 Å². The SMILES string of the molecule is Cc1nn(-c2nccs2)cc1-c1ccc(N)nc1. The molecule has 0 fully saturated rings. The first-order valence-electron chi connectivity index (χ1n) is 5.42.